The molecule has 0 fully saturated rings. The van der Waals surface area contributed by atoms with Crippen LogP contribution >= 0.6 is 0 Å². The molecular weight excluding hydrogens is 448 g/mol. The van der Waals surface area contributed by atoms with Crippen LogP contribution < -0.4 is 5.32 Å². The lowest BCUT2D eigenvalue weighted by atomic mass is 10.0. The lowest BCUT2D eigenvalue weighted by Gasteiger charge is -2.25. The van der Waals surface area contributed by atoms with Crippen LogP contribution in [-0.4, -0.2) is 93.5 Å². The van der Waals surface area contributed by atoms with E-state index in [2.05, 4.69) is 24.1 Å². The van der Waals surface area contributed by atoms with E-state index in [4.69, 9.17) is 5.11 Å². The number of carbonyl (C=O) groups excluding carboxylic acids is 1. The molecule has 0 aromatic carbocycles. The lowest BCUT2D eigenvalue weighted by molar-refractivity contribution is -0.148. The molecule has 0 aliphatic heterocycles. The van der Waals surface area contributed by atoms with Crippen LogP contribution in [0.4, 0.5) is 0 Å². The second-order valence-corrected chi connectivity index (χ2v) is 9.90. The van der Waals surface area contributed by atoms with Gasteiger partial charge in [0.1, 0.15) is 18.3 Å². The molecule has 8 nitrogen and oxygen atoms in total. The highest BCUT2D eigenvalue weighted by molar-refractivity contribution is 5.81. The van der Waals surface area contributed by atoms with Gasteiger partial charge in [0.25, 0.3) is 5.91 Å². The molecule has 0 aliphatic carbocycles. The van der Waals surface area contributed by atoms with Crippen molar-refractivity contribution in [1.82, 2.24) is 10.2 Å². The molecule has 4 atom stereocenters. The number of aliphatic hydroxyl groups is 5. The van der Waals surface area contributed by atoms with Crippen molar-refractivity contribution in [1.29, 1.82) is 0 Å². The Hall–Kier alpha value is -0.770. The molecule has 0 radical (unpaired) electrons. The monoisotopic (exact) mass is 504 g/mol. The van der Waals surface area contributed by atoms with Crippen LogP contribution in [0.1, 0.15) is 110 Å². The number of carbonyl (C=O) groups is 1. The van der Waals surface area contributed by atoms with Crippen molar-refractivity contribution < 1.29 is 30.3 Å². The van der Waals surface area contributed by atoms with Gasteiger partial charge in [-0.05, 0) is 38.9 Å². The first-order valence-electron chi connectivity index (χ1n) is 14.2. The molecule has 0 spiro atoms. The Morgan fingerprint density at radius 2 is 1.09 bits per heavy atom. The number of nitrogens with one attached hydrogen (secondary N) is 1. The van der Waals surface area contributed by atoms with Crippen LogP contribution in [0.15, 0.2) is 0 Å². The number of hydrogen-bond acceptors (Lipinski definition) is 7. The van der Waals surface area contributed by atoms with E-state index < -0.39 is 36.9 Å². The summed E-state index contributed by atoms with van der Waals surface area (Å²) >= 11 is 0. The summed E-state index contributed by atoms with van der Waals surface area (Å²) in [6.45, 7) is 7.02. The molecule has 8 heteroatoms. The normalized spacial score (nSPS) is 15.2. The Morgan fingerprint density at radius 3 is 1.54 bits per heavy atom. The summed E-state index contributed by atoms with van der Waals surface area (Å²) in [7, 11) is 0. The van der Waals surface area contributed by atoms with E-state index in [9.17, 15) is 25.2 Å². The minimum atomic E-state index is -1.87. The molecular formula is C27H56N2O6. The number of hydrogen-bond donors (Lipinski definition) is 6. The molecule has 210 valence electrons. The zero-order valence-corrected chi connectivity index (χ0v) is 22.5. The van der Waals surface area contributed by atoms with Crippen LogP contribution in [0.2, 0.25) is 0 Å². The summed E-state index contributed by atoms with van der Waals surface area (Å²) in [5.41, 5.74) is 0. The molecule has 6 N–H and O–H groups in total. The van der Waals surface area contributed by atoms with E-state index in [-0.39, 0.29) is 0 Å². The van der Waals surface area contributed by atoms with Crippen molar-refractivity contribution in [3.8, 4) is 0 Å². The van der Waals surface area contributed by atoms with Crippen molar-refractivity contribution >= 4 is 5.91 Å². The van der Waals surface area contributed by atoms with E-state index in [1.165, 1.54) is 89.9 Å². The molecule has 0 bridgehead atoms. The maximum absolute atomic E-state index is 12.1. The van der Waals surface area contributed by atoms with Gasteiger partial charge in [-0.3, -0.25) is 4.79 Å². The fourth-order valence-corrected chi connectivity index (χ4v) is 4.22. The Labute approximate surface area is 214 Å². The van der Waals surface area contributed by atoms with Crippen LogP contribution in [-0.2, 0) is 4.79 Å². The summed E-state index contributed by atoms with van der Waals surface area (Å²) in [6, 6.07) is 0. The number of unbranched alkanes of at least 4 members (excludes halogenated alkanes) is 12. The summed E-state index contributed by atoms with van der Waals surface area (Å²) in [5, 5.41) is 50.2. The largest absolute Gasteiger partial charge is 0.394 e. The predicted molar refractivity (Wildman–Crippen MR) is 141 cm³/mol. The van der Waals surface area contributed by atoms with Crippen LogP contribution in [0.3, 0.4) is 0 Å². The van der Waals surface area contributed by atoms with Gasteiger partial charge in [-0.1, -0.05) is 90.9 Å². The number of rotatable bonds is 25. The molecule has 1 amide bonds. The Bertz CT molecular complexity index is 483. The van der Waals surface area contributed by atoms with Crippen molar-refractivity contribution in [2.75, 3.05) is 32.8 Å². The van der Waals surface area contributed by atoms with E-state index in [1.54, 1.807) is 0 Å². The fourth-order valence-electron chi connectivity index (χ4n) is 4.22. The van der Waals surface area contributed by atoms with E-state index in [0.29, 0.717) is 6.54 Å². The van der Waals surface area contributed by atoms with Gasteiger partial charge in [0.15, 0.2) is 6.10 Å². The van der Waals surface area contributed by atoms with Crippen molar-refractivity contribution in [2.24, 2.45) is 0 Å². The second kappa shape index (κ2) is 23.6. The number of nitrogens with zero attached hydrogens (tertiary/aromatic N) is 1. The molecule has 0 rings (SSSR count). The second-order valence-electron chi connectivity index (χ2n) is 9.90. The number of amides is 1. The van der Waals surface area contributed by atoms with Gasteiger partial charge >= 0.3 is 0 Å². The summed E-state index contributed by atoms with van der Waals surface area (Å²) < 4.78 is 0. The molecule has 0 aromatic heterocycles. The van der Waals surface area contributed by atoms with Crippen LogP contribution in [0.5, 0.6) is 0 Å². The zero-order valence-electron chi connectivity index (χ0n) is 22.5. The van der Waals surface area contributed by atoms with Crippen molar-refractivity contribution in [2.45, 2.75) is 135 Å². The van der Waals surface area contributed by atoms with E-state index >= 15 is 0 Å². The first-order chi connectivity index (χ1) is 16.9. The minimum absolute atomic E-state index is 0.353. The fraction of sp³-hybridized carbons (Fsp3) is 0.963. The Balaban J connectivity index is 4.30. The highest BCUT2D eigenvalue weighted by Gasteiger charge is 2.33. The van der Waals surface area contributed by atoms with E-state index in [1.807, 2.05) is 0 Å². The predicted octanol–water partition coefficient (Wildman–Crippen LogP) is 2.73. The quantitative estimate of drug-likeness (QED) is 0.105. The standard InChI is InChI=1S/C27H56N2O6/c1-3-5-7-9-11-12-14-16-20-29(19-15-13-10-8-6-4-2)21-17-18-28-27(35)26(34)25(33)24(32)23(31)22-30/h23-26,30-34H,3-22H2,1-2H3,(H,28,35)/t23-,24-,25+,26-/m1/s1. The third-order valence-corrected chi connectivity index (χ3v) is 6.63. The van der Waals surface area contributed by atoms with Crippen molar-refractivity contribution in [3.63, 3.8) is 0 Å². The molecule has 0 saturated heterocycles. The maximum Gasteiger partial charge on any atom is 0.251 e. The smallest absolute Gasteiger partial charge is 0.251 e. The van der Waals surface area contributed by atoms with Gasteiger partial charge in [0.2, 0.25) is 0 Å². The zero-order chi connectivity index (χ0) is 26.3. The Morgan fingerprint density at radius 1 is 0.657 bits per heavy atom. The lowest BCUT2D eigenvalue weighted by Crippen LogP contribution is -2.51. The third-order valence-electron chi connectivity index (χ3n) is 6.63. The molecule has 35 heavy (non-hydrogen) atoms. The topological polar surface area (TPSA) is 133 Å². The van der Waals surface area contributed by atoms with Gasteiger partial charge < -0.3 is 35.7 Å². The first kappa shape index (κ1) is 34.2. The third kappa shape index (κ3) is 18.2. The van der Waals surface area contributed by atoms with Gasteiger partial charge in [0.05, 0.1) is 6.61 Å². The van der Waals surface area contributed by atoms with Gasteiger partial charge in [-0.2, -0.15) is 0 Å². The molecule has 0 aliphatic rings. The maximum atomic E-state index is 12.1. The summed E-state index contributed by atoms with van der Waals surface area (Å²) in [4.78, 5) is 14.6. The molecule has 0 heterocycles. The summed E-state index contributed by atoms with van der Waals surface area (Å²) in [5.74, 6) is -0.799. The van der Waals surface area contributed by atoms with Gasteiger partial charge in [0, 0.05) is 6.54 Å². The SMILES string of the molecule is CCCCCCCCCCN(CCCCCCCC)CCCNC(=O)[C@H](O)[C@@H](O)[C@H](O)[C@H](O)CO. The Kier molecular flexibility index (Phi) is 23.1. The molecule has 0 saturated carbocycles. The summed E-state index contributed by atoms with van der Waals surface area (Å²) in [6.07, 6.45) is 11.5. The molecule has 0 aromatic rings. The number of aliphatic hydroxyl groups excluding tert-OH is 5. The van der Waals surface area contributed by atoms with Crippen LogP contribution in [0.25, 0.3) is 0 Å². The first-order valence-corrected chi connectivity index (χ1v) is 14.2. The van der Waals surface area contributed by atoms with E-state index in [0.717, 1.165) is 26.1 Å². The average molecular weight is 505 g/mol. The average Bonchev–Trinajstić information content (AvgIpc) is 2.87. The highest BCUT2D eigenvalue weighted by Crippen LogP contribution is 2.11. The molecule has 0 unspecified atom stereocenters. The van der Waals surface area contributed by atoms with Crippen molar-refractivity contribution in [3.05, 3.63) is 0 Å². The van der Waals surface area contributed by atoms with Gasteiger partial charge in [-0.25, -0.2) is 0 Å². The minimum Gasteiger partial charge on any atom is -0.394 e. The van der Waals surface area contributed by atoms with Crippen LogP contribution in [0, 0.1) is 0 Å². The highest BCUT2D eigenvalue weighted by atomic mass is 16.4. The van der Waals surface area contributed by atoms with Gasteiger partial charge in [-0.15, -0.1) is 0 Å².